The van der Waals surface area contributed by atoms with Crippen molar-refractivity contribution >= 4 is 27.4 Å². The van der Waals surface area contributed by atoms with Crippen LogP contribution in [0.25, 0.3) is 0 Å². The minimum absolute atomic E-state index is 0.112. The number of nitrogens with one attached hydrogen (secondary N) is 2. The van der Waals surface area contributed by atoms with Gasteiger partial charge in [0, 0.05) is 11.1 Å². The van der Waals surface area contributed by atoms with E-state index in [1.807, 2.05) is 0 Å². The predicted octanol–water partition coefficient (Wildman–Crippen LogP) is 1.24. The number of sulfone groups is 1. The molecule has 0 aromatic heterocycles. The van der Waals surface area contributed by atoms with Gasteiger partial charge in [0.2, 0.25) is 5.91 Å². The zero-order chi connectivity index (χ0) is 22.1. The molecule has 0 bridgehead atoms. The summed E-state index contributed by atoms with van der Waals surface area (Å²) in [5, 5.41) is 13.3. The number of Topliss-reactive ketones (excluding diaryl/α,β-unsaturated/α-hetero) is 1. The van der Waals surface area contributed by atoms with Crippen molar-refractivity contribution in [2.45, 2.75) is 18.7 Å². The third-order valence-electron chi connectivity index (χ3n) is 4.14. The molecule has 30 heavy (non-hydrogen) atoms. The Labute approximate surface area is 174 Å². The Morgan fingerprint density at radius 1 is 1.03 bits per heavy atom. The summed E-state index contributed by atoms with van der Waals surface area (Å²) in [7, 11) is -3.77. The minimum Gasteiger partial charge on any atom is -0.341 e. The number of carbonyl (C=O) groups is 3. The van der Waals surface area contributed by atoms with E-state index in [4.69, 9.17) is 5.26 Å². The molecule has 0 aliphatic carbocycles. The van der Waals surface area contributed by atoms with Gasteiger partial charge in [-0.2, -0.15) is 5.26 Å². The maximum Gasteiger partial charge on any atom is 0.251 e. The summed E-state index contributed by atoms with van der Waals surface area (Å²) in [6.07, 6.45) is 0. The van der Waals surface area contributed by atoms with Crippen LogP contribution in [0.3, 0.4) is 0 Å². The largest absolute Gasteiger partial charge is 0.341 e. The second-order valence-corrected chi connectivity index (χ2v) is 8.69. The van der Waals surface area contributed by atoms with Crippen molar-refractivity contribution < 1.29 is 22.8 Å². The molecule has 156 valence electrons. The van der Waals surface area contributed by atoms with Crippen molar-refractivity contribution in [3.05, 3.63) is 71.3 Å². The maximum absolute atomic E-state index is 12.6. The molecule has 2 rings (SSSR count). The highest BCUT2D eigenvalue weighted by molar-refractivity contribution is 7.90. The Kier molecular flexibility index (Phi) is 7.83. The smallest absolute Gasteiger partial charge is 0.251 e. The molecular weight excluding hydrogens is 406 g/mol. The van der Waals surface area contributed by atoms with Gasteiger partial charge >= 0.3 is 0 Å². The van der Waals surface area contributed by atoms with Crippen LogP contribution in [0, 0.1) is 11.3 Å². The number of nitrogens with zero attached hydrogens (tertiary/aromatic N) is 1. The van der Waals surface area contributed by atoms with Crippen molar-refractivity contribution in [2.24, 2.45) is 0 Å². The molecule has 2 N–H and O–H groups in total. The summed E-state index contributed by atoms with van der Waals surface area (Å²) in [5.41, 5.74) is 0.972. The first-order valence-corrected chi connectivity index (χ1v) is 10.8. The van der Waals surface area contributed by atoms with E-state index in [0.717, 1.165) is 0 Å². The van der Waals surface area contributed by atoms with Crippen LogP contribution in [-0.2, 0) is 20.4 Å². The fourth-order valence-electron chi connectivity index (χ4n) is 2.69. The monoisotopic (exact) mass is 427 g/mol. The highest BCUT2D eigenvalue weighted by Crippen LogP contribution is 2.10. The van der Waals surface area contributed by atoms with E-state index in [-0.39, 0.29) is 23.6 Å². The van der Waals surface area contributed by atoms with Crippen molar-refractivity contribution in [3.8, 4) is 6.07 Å². The van der Waals surface area contributed by atoms with Crippen molar-refractivity contribution in [3.63, 3.8) is 0 Å². The molecule has 0 saturated heterocycles. The number of hydrogen-bond donors (Lipinski definition) is 2. The SMILES string of the molecule is CC(=O)c1cccc(C(=O)NC(CS(=O)(=O)Cc2ccccc2)C(=O)NCC#N)c1. The van der Waals surface area contributed by atoms with Crippen LogP contribution in [0.1, 0.15) is 33.2 Å². The summed E-state index contributed by atoms with van der Waals surface area (Å²) in [5.74, 6) is -2.67. The van der Waals surface area contributed by atoms with Crippen LogP contribution in [0.15, 0.2) is 54.6 Å². The molecule has 9 heteroatoms. The highest BCUT2D eigenvalue weighted by Gasteiger charge is 2.28. The number of hydrogen-bond acceptors (Lipinski definition) is 6. The summed E-state index contributed by atoms with van der Waals surface area (Å²) in [6.45, 7) is 1.02. The van der Waals surface area contributed by atoms with Gasteiger partial charge in [0.05, 0.1) is 17.6 Å². The number of amides is 2. The Bertz CT molecular complexity index is 1080. The molecule has 2 amide bonds. The average molecular weight is 427 g/mol. The van der Waals surface area contributed by atoms with Gasteiger partial charge < -0.3 is 10.6 Å². The maximum atomic E-state index is 12.6. The molecule has 1 atom stereocenters. The molecule has 0 saturated carbocycles. The molecule has 8 nitrogen and oxygen atoms in total. The standard InChI is InChI=1S/C21H21N3O5S/c1-15(25)17-8-5-9-18(12-17)20(26)24-19(21(27)23-11-10-22)14-30(28,29)13-16-6-3-2-4-7-16/h2-9,12,19H,11,13-14H2,1H3,(H,23,27)(H,24,26). The van der Waals surface area contributed by atoms with E-state index >= 15 is 0 Å². The third-order valence-corrected chi connectivity index (χ3v) is 5.76. The number of nitriles is 1. The first-order valence-electron chi connectivity index (χ1n) is 9.02. The Morgan fingerprint density at radius 3 is 2.33 bits per heavy atom. The van der Waals surface area contributed by atoms with Gasteiger partial charge in [0.25, 0.3) is 5.91 Å². The summed E-state index contributed by atoms with van der Waals surface area (Å²) in [6, 6.07) is 14.6. The van der Waals surface area contributed by atoms with E-state index in [1.54, 1.807) is 42.5 Å². The zero-order valence-corrected chi connectivity index (χ0v) is 17.1. The first kappa shape index (κ1) is 22.8. The van der Waals surface area contributed by atoms with Crippen LogP contribution in [0.5, 0.6) is 0 Å². The molecule has 0 aliphatic heterocycles. The van der Waals surface area contributed by atoms with E-state index in [2.05, 4.69) is 10.6 Å². The van der Waals surface area contributed by atoms with Crippen molar-refractivity contribution in [1.29, 1.82) is 5.26 Å². The van der Waals surface area contributed by atoms with Crippen LogP contribution in [0.4, 0.5) is 0 Å². The molecule has 2 aromatic rings. The zero-order valence-electron chi connectivity index (χ0n) is 16.3. The topological polar surface area (TPSA) is 133 Å². The molecule has 2 aromatic carbocycles. The normalized spacial score (nSPS) is 11.7. The highest BCUT2D eigenvalue weighted by atomic mass is 32.2. The summed E-state index contributed by atoms with van der Waals surface area (Å²) in [4.78, 5) is 36.5. The number of carbonyl (C=O) groups excluding carboxylic acids is 3. The molecule has 0 aliphatic rings. The number of ketones is 1. The lowest BCUT2D eigenvalue weighted by molar-refractivity contribution is -0.122. The lowest BCUT2D eigenvalue weighted by atomic mass is 10.1. The summed E-state index contributed by atoms with van der Waals surface area (Å²) >= 11 is 0. The fourth-order valence-corrected chi connectivity index (χ4v) is 4.26. The van der Waals surface area contributed by atoms with E-state index in [9.17, 15) is 22.8 Å². The second-order valence-electron chi connectivity index (χ2n) is 6.58. The van der Waals surface area contributed by atoms with Crippen molar-refractivity contribution in [2.75, 3.05) is 12.3 Å². The Morgan fingerprint density at radius 2 is 1.70 bits per heavy atom. The van der Waals surface area contributed by atoms with Crippen LogP contribution in [0.2, 0.25) is 0 Å². The second kappa shape index (κ2) is 10.3. The number of benzene rings is 2. The van der Waals surface area contributed by atoms with Crippen LogP contribution >= 0.6 is 0 Å². The van der Waals surface area contributed by atoms with Crippen LogP contribution < -0.4 is 10.6 Å². The lowest BCUT2D eigenvalue weighted by Crippen LogP contribution is -2.50. The first-order chi connectivity index (χ1) is 14.2. The molecule has 1 unspecified atom stereocenters. The lowest BCUT2D eigenvalue weighted by Gasteiger charge is -2.18. The fraction of sp³-hybridized carbons (Fsp3) is 0.238. The Hall–Kier alpha value is -3.51. The quantitative estimate of drug-likeness (QED) is 0.457. The summed E-state index contributed by atoms with van der Waals surface area (Å²) < 4.78 is 25.2. The molecule has 0 fully saturated rings. The van der Waals surface area contributed by atoms with E-state index in [1.165, 1.54) is 25.1 Å². The Balaban J connectivity index is 2.21. The molecule has 0 heterocycles. The van der Waals surface area contributed by atoms with Gasteiger partial charge in [-0.1, -0.05) is 42.5 Å². The van der Waals surface area contributed by atoms with E-state index < -0.39 is 33.4 Å². The van der Waals surface area contributed by atoms with Gasteiger partial charge in [-0.05, 0) is 24.6 Å². The van der Waals surface area contributed by atoms with Gasteiger partial charge in [-0.25, -0.2) is 8.42 Å². The van der Waals surface area contributed by atoms with Gasteiger partial charge in [0.1, 0.15) is 12.6 Å². The van der Waals surface area contributed by atoms with Gasteiger partial charge in [-0.3, -0.25) is 14.4 Å². The predicted molar refractivity (Wildman–Crippen MR) is 110 cm³/mol. The van der Waals surface area contributed by atoms with E-state index in [0.29, 0.717) is 11.1 Å². The van der Waals surface area contributed by atoms with Crippen molar-refractivity contribution in [1.82, 2.24) is 10.6 Å². The van der Waals surface area contributed by atoms with Crippen LogP contribution in [-0.4, -0.2) is 44.4 Å². The third kappa shape index (κ3) is 6.83. The minimum atomic E-state index is -3.77. The van der Waals surface area contributed by atoms with Gasteiger partial charge in [0.15, 0.2) is 15.6 Å². The molecule has 0 spiro atoms. The number of rotatable bonds is 9. The molecule has 0 radical (unpaired) electrons. The molecular formula is C21H21N3O5S. The average Bonchev–Trinajstić information content (AvgIpc) is 2.71. The van der Waals surface area contributed by atoms with Gasteiger partial charge in [-0.15, -0.1) is 0 Å².